The molecule has 1 aromatic carbocycles. The molecule has 0 saturated carbocycles. The minimum Gasteiger partial charge on any atom is -0.297 e. The van der Waals surface area contributed by atoms with Crippen LogP contribution in [0.15, 0.2) is 36.9 Å². The van der Waals surface area contributed by atoms with Crippen molar-refractivity contribution in [3.8, 4) is 6.07 Å². The number of carbonyl (C=O) groups is 2. The summed E-state index contributed by atoms with van der Waals surface area (Å²) in [5.74, 6) is -2.28. The van der Waals surface area contributed by atoms with Crippen molar-refractivity contribution in [1.29, 1.82) is 5.26 Å². The van der Waals surface area contributed by atoms with Crippen LogP contribution in [-0.4, -0.2) is 26.3 Å². The second-order valence-electron chi connectivity index (χ2n) is 5.43. The number of hydrogen-bond donors (Lipinski definition) is 0. The molecule has 0 radical (unpaired) electrons. The van der Waals surface area contributed by atoms with Gasteiger partial charge in [0.2, 0.25) is 0 Å². The fourth-order valence-electron chi connectivity index (χ4n) is 2.18. The third-order valence-electron chi connectivity index (χ3n) is 3.82. The minimum atomic E-state index is -1.23. The quantitative estimate of drug-likeness (QED) is 0.578. The molecule has 0 unspecified atom stereocenters. The molecule has 0 saturated heterocycles. The molecule has 2 aromatic rings. The third kappa shape index (κ3) is 3.89. The first-order chi connectivity index (χ1) is 11.1. The molecule has 0 bridgehead atoms. The average Bonchev–Trinajstić information content (AvgIpc) is 3.08. The summed E-state index contributed by atoms with van der Waals surface area (Å²) in [7, 11) is 0. The van der Waals surface area contributed by atoms with E-state index >= 15 is 0 Å². The molecular formula is C17H18N4O2. The number of ketones is 2. The Morgan fingerprint density at radius 3 is 2.52 bits per heavy atom. The maximum absolute atomic E-state index is 12.4. The lowest BCUT2D eigenvalue weighted by Crippen LogP contribution is -2.27. The zero-order valence-corrected chi connectivity index (χ0v) is 13.1. The molecule has 0 fully saturated rings. The van der Waals surface area contributed by atoms with Crippen LogP contribution >= 0.6 is 0 Å². The highest BCUT2D eigenvalue weighted by Crippen LogP contribution is 2.17. The number of aromatic nitrogens is 3. The summed E-state index contributed by atoms with van der Waals surface area (Å²) in [6.07, 6.45) is 3.67. The Morgan fingerprint density at radius 2 is 2.00 bits per heavy atom. The molecule has 1 heterocycles. The lowest BCUT2D eigenvalue weighted by atomic mass is 9.87. The van der Waals surface area contributed by atoms with Crippen molar-refractivity contribution in [2.24, 2.45) is 11.8 Å². The lowest BCUT2D eigenvalue weighted by molar-refractivity contribution is -0.123. The van der Waals surface area contributed by atoms with Crippen molar-refractivity contribution in [1.82, 2.24) is 14.8 Å². The molecule has 118 valence electrons. The van der Waals surface area contributed by atoms with Crippen LogP contribution in [0.1, 0.15) is 36.2 Å². The van der Waals surface area contributed by atoms with Gasteiger partial charge in [-0.1, -0.05) is 38.1 Å². The molecule has 0 spiro atoms. The molecule has 2 atom stereocenters. The van der Waals surface area contributed by atoms with Gasteiger partial charge in [-0.25, -0.2) is 9.67 Å². The Kier molecular flexibility index (Phi) is 5.36. The Morgan fingerprint density at radius 1 is 1.30 bits per heavy atom. The normalized spacial score (nSPS) is 13.1. The molecular weight excluding hydrogens is 292 g/mol. The van der Waals surface area contributed by atoms with Gasteiger partial charge in [0.1, 0.15) is 12.7 Å². The SMILES string of the molecule is CC[C@@H](C)C(=O)[C@H](C#N)C(=O)c1ccc(Cn2cncn2)cc1. The van der Waals surface area contributed by atoms with Crippen LogP contribution in [-0.2, 0) is 11.3 Å². The zero-order chi connectivity index (χ0) is 16.8. The number of nitrogens with zero attached hydrogens (tertiary/aromatic N) is 4. The van der Waals surface area contributed by atoms with Gasteiger partial charge >= 0.3 is 0 Å². The van der Waals surface area contributed by atoms with Crippen LogP contribution in [0.4, 0.5) is 0 Å². The smallest absolute Gasteiger partial charge is 0.187 e. The molecule has 6 heteroatoms. The highest BCUT2D eigenvalue weighted by Gasteiger charge is 2.30. The van der Waals surface area contributed by atoms with Gasteiger partial charge < -0.3 is 0 Å². The van der Waals surface area contributed by atoms with E-state index in [1.807, 2.05) is 13.0 Å². The van der Waals surface area contributed by atoms with Gasteiger partial charge in [-0.2, -0.15) is 10.4 Å². The maximum atomic E-state index is 12.4. The Hall–Kier alpha value is -2.81. The van der Waals surface area contributed by atoms with E-state index in [-0.39, 0.29) is 11.7 Å². The van der Waals surface area contributed by atoms with Gasteiger partial charge in [0.15, 0.2) is 17.5 Å². The molecule has 0 N–H and O–H groups in total. The van der Waals surface area contributed by atoms with Crippen molar-refractivity contribution >= 4 is 11.6 Å². The van der Waals surface area contributed by atoms with E-state index in [2.05, 4.69) is 10.1 Å². The second-order valence-corrected chi connectivity index (χ2v) is 5.43. The van der Waals surface area contributed by atoms with Gasteiger partial charge in [0, 0.05) is 11.5 Å². The van der Waals surface area contributed by atoms with Crippen molar-refractivity contribution in [2.75, 3.05) is 0 Å². The van der Waals surface area contributed by atoms with Crippen molar-refractivity contribution in [2.45, 2.75) is 26.8 Å². The van der Waals surface area contributed by atoms with Crippen LogP contribution in [0.2, 0.25) is 0 Å². The standard InChI is InChI=1S/C17H18N4O2/c1-3-12(2)16(22)15(8-18)17(23)14-6-4-13(5-7-14)9-21-11-19-10-20-21/h4-7,10-12,15H,3,9H2,1-2H3/t12-,15+/m1/s1. The molecule has 0 amide bonds. The summed E-state index contributed by atoms with van der Waals surface area (Å²) < 4.78 is 1.67. The highest BCUT2D eigenvalue weighted by atomic mass is 16.2. The molecule has 0 aliphatic carbocycles. The van der Waals surface area contributed by atoms with E-state index in [4.69, 9.17) is 0 Å². The maximum Gasteiger partial charge on any atom is 0.187 e. The highest BCUT2D eigenvalue weighted by molar-refractivity contribution is 6.13. The third-order valence-corrected chi connectivity index (χ3v) is 3.82. The molecule has 0 aliphatic heterocycles. The van der Waals surface area contributed by atoms with Gasteiger partial charge in [0.05, 0.1) is 12.6 Å². The first-order valence-electron chi connectivity index (χ1n) is 7.45. The van der Waals surface area contributed by atoms with E-state index < -0.39 is 11.7 Å². The van der Waals surface area contributed by atoms with Gasteiger partial charge in [-0.05, 0) is 12.0 Å². The summed E-state index contributed by atoms with van der Waals surface area (Å²) in [5.41, 5.74) is 1.32. The van der Waals surface area contributed by atoms with Crippen LogP contribution < -0.4 is 0 Å². The number of carbonyl (C=O) groups excluding carboxylic acids is 2. The molecule has 2 rings (SSSR count). The molecule has 0 aliphatic rings. The Labute approximate surface area is 134 Å². The van der Waals surface area contributed by atoms with Crippen LogP contribution in [0.5, 0.6) is 0 Å². The topological polar surface area (TPSA) is 88.6 Å². The fraction of sp³-hybridized carbons (Fsp3) is 0.353. The summed E-state index contributed by atoms with van der Waals surface area (Å²) in [6, 6.07) is 8.71. The first-order valence-corrected chi connectivity index (χ1v) is 7.45. The molecule has 23 heavy (non-hydrogen) atoms. The minimum absolute atomic E-state index is 0.296. The molecule has 1 aromatic heterocycles. The number of rotatable bonds is 7. The molecule has 6 nitrogen and oxygen atoms in total. The summed E-state index contributed by atoms with van der Waals surface area (Å²) in [5, 5.41) is 13.2. The average molecular weight is 310 g/mol. The predicted molar refractivity (Wildman–Crippen MR) is 83.5 cm³/mol. The van der Waals surface area contributed by atoms with E-state index in [9.17, 15) is 14.9 Å². The number of benzene rings is 1. The fourth-order valence-corrected chi connectivity index (χ4v) is 2.18. The number of Topliss-reactive ketones (excluding diaryl/α,β-unsaturated/α-hetero) is 2. The van der Waals surface area contributed by atoms with Gasteiger partial charge in [-0.3, -0.25) is 9.59 Å². The number of nitriles is 1. The van der Waals surface area contributed by atoms with E-state index in [0.717, 1.165) is 5.56 Å². The second kappa shape index (κ2) is 7.45. The van der Waals surface area contributed by atoms with Crippen molar-refractivity contribution in [3.05, 3.63) is 48.0 Å². The van der Waals surface area contributed by atoms with Crippen molar-refractivity contribution in [3.63, 3.8) is 0 Å². The predicted octanol–water partition coefficient (Wildman–Crippen LogP) is 2.26. The van der Waals surface area contributed by atoms with Crippen LogP contribution in [0, 0.1) is 23.2 Å². The van der Waals surface area contributed by atoms with Gasteiger partial charge in [-0.15, -0.1) is 0 Å². The van der Waals surface area contributed by atoms with Crippen molar-refractivity contribution < 1.29 is 9.59 Å². The van der Waals surface area contributed by atoms with E-state index in [1.165, 1.54) is 6.33 Å². The van der Waals surface area contributed by atoms with Crippen LogP contribution in [0.25, 0.3) is 0 Å². The van der Waals surface area contributed by atoms with E-state index in [1.54, 1.807) is 42.2 Å². The van der Waals surface area contributed by atoms with Crippen LogP contribution in [0.3, 0.4) is 0 Å². The zero-order valence-electron chi connectivity index (χ0n) is 13.1. The first kappa shape index (κ1) is 16.6. The Bertz CT molecular complexity index is 714. The van der Waals surface area contributed by atoms with Gasteiger partial charge in [0.25, 0.3) is 0 Å². The largest absolute Gasteiger partial charge is 0.297 e. The lowest BCUT2D eigenvalue weighted by Gasteiger charge is -2.12. The summed E-state index contributed by atoms with van der Waals surface area (Å²) in [4.78, 5) is 28.4. The summed E-state index contributed by atoms with van der Waals surface area (Å²) >= 11 is 0. The number of hydrogen-bond acceptors (Lipinski definition) is 5. The Balaban J connectivity index is 2.13. The monoisotopic (exact) mass is 310 g/mol. The van der Waals surface area contributed by atoms with E-state index in [0.29, 0.717) is 18.5 Å². The summed E-state index contributed by atoms with van der Waals surface area (Å²) in [6.45, 7) is 4.14.